The topological polar surface area (TPSA) is 6.48 Å². The van der Waals surface area contributed by atoms with Gasteiger partial charge in [-0.15, -0.1) is 0 Å². The molecule has 27 heavy (non-hydrogen) atoms. The number of nitrogens with zero attached hydrogens (tertiary/aromatic N) is 2. The van der Waals surface area contributed by atoms with Gasteiger partial charge in [-0.25, -0.2) is 0 Å². The summed E-state index contributed by atoms with van der Waals surface area (Å²) in [7, 11) is 0. The van der Waals surface area contributed by atoms with Crippen molar-refractivity contribution in [1.82, 2.24) is 0 Å². The number of rotatable bonds is 6. The molecule has 0 saturated heterocycles. The van der Waals surface area contributed by atoms with Crippen LogP contribution >= 0.6 is 0 Å². The average molecular weight is 365 g/mol. The molecule has 1 aliphatic carbocycles. The van der Waals surface area contributed by atoms with Gasteiger partial charge < -0.3 is 9.80 Å². The molecule has 0 saturated carbocycles. The molecule has 2 heteroatoms. The minimum Gasteiger partial charge on any atom is -0.366 e. The fourth-order valence-corrected chi connectivity index (χ4v) is 4.99. The number of fused-ring (bicyclic) bond motifs is 3. The van der Waals surface area contributed by atoms with E-state index in [4.69, 9.17) is 0 Å². The van der Waals surface area contributed by atoms with Gasteiger partial charge in [0.2, 0.25) is 0 Å². The number of benzene rings is 2. The maximum Gasteiger partial charge on any atom is 0.0454 e. The van der Waals surface area contributed by atoms with E-state index in [1.165, 1.54) is 33.6 Å². The van der Waals surface area contributed by atoms with E-state index in [0.717, 1.165) is 6.42 Å². The maximum atomic E-state index is 2.57. The highest BCUT2D eigenvalue weighted by Gasteiger charge is 2.30. The van der Waals surface area contributed by atoms with E-state index < -0.39 is 0 Å². The number of anilines is 2. The standard InChI is InChI=1S/C25H36N2/c1-16(2)26(17(3)4)22-13-9-11-20-15-21-12-10-14-23(25(21)24(20)22)27(18(5)6)19(7)8/h9-14,16-19H,15H2,1-8H3. The van der Waals surface area contributed by atoms with E-state index in [2.05, 4.69) is 102 Å². The molecule has 146 valence electrons. The third-order valence-electron chi connectivity index (χ3n) is 5.67. The first-order valence-corrected chi connectivity index (χ1v) is 10.5. The van der Waals surface area contributed by atoms with Crippen molar-refractivity contribution in [2.75, 3.05) is 9.80 Å². The zero-order valence-corrected chi connectivity index (χ0v) is 18.4. The highest BCUT2D eigenvalue weighted by atomic mass is 15.2. The molecular formula is C25H36N2. The van der Waals surface area contributed by atoms with Gasteiger partial charge in [-0.05, 0) is 85.1 Å². The minimum atomic E-state index is 0.471. The van der Waals surface area contributed by atoms with Crippen LogP contribution in [0.15, 0.2) is 36.4 Å². The quantitative estimate of drug-likeness (QED) is 0.492. The fraction of sp³-hybridized carbons (Fsp3) is 0.520. The smallest absolute Gasteiger partial charge is 0.0454 e. The van der Waals surface area contributed by atoms with Crippen molar-refractivity contribution in [3.8, 4) is 11.1 Å². The molecule has 0 radical (unpaired) electrons. The van der Waals surface area contributed by atoms with Crippen molar-refractivity contribution in [2.24, 2.45) is 0 Å². The minimum absolute atomic E-state index is 0.471. The molecule has 0 aromatic heterocycles. The highest BCUT2D eigenvalue weighted by Crippen LogP contribution is 2.48. The van der Waals surface area contributed by atoms with Crippen LogP contribution in [0.5, 0.6) is 0 Å². The number of hydrogen-bond donors (Lipinski definition) is 0. The van der Waals surface area contributed by atoms with Gasteiger partial charge in [0.25, 0.3) is 0 Å². The second-order valence-corrected chi connectivity index (χ2v) is 8.99. The Morgan fingerprint density at radius 1 is 0.556 bits per heavy atom. The summed E-state index contributed by atoms with van der Waals surface area (Å²) in [5.41, 5.74) is 8.61. The zero-order chi connectivity index (χ0) is 19.9. The predicted molar refractivity (Wildman–Crippen MR) is 120 cm³/mol. The number of hydrogen-bond acceptors (Lipinski definition) is 2. The van der Waals surface area contributed by atoms with Gasteiger partial charge in [-0.2, -0.15) is 0 Å². The van der Waals surface area contributed by atoms with Crippen molar-refractivity contribution in [1.29, 1.82) is 0 Å². The van der Waals surface area contributed by atoms with Crippen LogP contribution in [0.2, 0.25) is 0 Å². The van der Waals surface area contributed by atoms with E-state index in [9.17, 15) is 0 Å². The van der Waals surface area contributed by atoms with E-state index >= 15 is 0 Å². The summed E-state index contributed by atoms with van der Waals surface area (Å²) in [5, 5.41) is 0. The molecule has 0 N–H and O–H groups in total. The van der Waals surface area contributed by atoms with Crippen LogP contribution < -0.4 is 9.80 Å². The molecule has 3 rings (SSSR count). The van der Waals surface area contributed by atoms with Gasteiger partial charge in [0.1, 0.15) is 0 Å². The van der Waals surface area contributed by atoms with Gasteiger partial charge >= 0.3 is 0 Å². The highest BCUT2D eigenvalue weighted by molar-refractivity contribution is 5.94. The van der Waals surface area contributed by atoms with Crippen LogP contribution in [0, 0.1) is 0 Å². The van der Waals surface area contributed by atoms with E-state index in [1.54, 1.807) is 0 Å². The summed E-state index contributed by atoms with van der Waals surface area (Å²) in [4.78, 5) is 5.14. The Labute approximate surface area is 166 Å². The Balaban J connectivity index is 2.27. The molecule has 2 nitrogen and oxygen atoms in total. The molecule has 0 heterocycles. The van der Waals surface area contributed by atoms with Gasteiger partial charge in [0.15, 0.2) is 0 Å². The van der Waals surface area contributed by atoms with Crippen molar-refractivity contribution in [2.45, 2.75) is 86.0 Å². The molecule has 0 bridgehead atoms. The summed E-state index contributed by atoms with van der Waals surface area (Å²) in [6.07, 6.45) is 1.04. The molecule has 1 aliphatic rings. The lowest BCUT2D eigenvalue weighted by Gasteiger charge is -2.37. The van der Waals surface area contributed by atoms with E-state index in [1.807, 2.05) is 0 Å². The first-order chi connectivity index (χ1) is 12.7. The van der Waals surface area contributed by atoms with E-state index in [-0.39, 0.29) is 0 Å². The molecule has 2 aromatic carbocycles. The largest absolute Gasteiger partial charge is 0.366 e. The van der Waals surface area contributed by atoms with Crippen molar-refractivity contribution >= 4 is 11.4 Å². The van der Waals surface area contributed by atoms with Crippen LogP contribution in [0.25, 0.3) is 11.1 Å². The maximum absolute atomic E-state index is 2.57. The molecule has 0 amide bonds. The van der Waals surface area contributed by atoms with Gasteiger partial charge in [0.05, 0.1) is 0 Å². The SMILES string of the molecule is CC(C)N(c1cccc2c1-c1c(cccc1N(C(C)C)C(C)C)C2)C(C)C. The Hall–Kier alpha value is -1.96. The lowest BCUT2D eigenvalue weighted by atomic mass is 9.97. The summed E-state index contributed by atoms with van der Waals surface area (Å²) >= 11 is 0. The van der Waals surface area contributed by atoms with Crippen molar-refractivity contribution in [3.05, 3.63) is 47.5 Å². The second-order valence-electron chi connectivity index (χ2n) is 8.99. The van der Waals surface area contributed by atoms with Gasteiger partial charge in [0, 0.05) is 46.7 Å². The Kier molecular flexibility index (Phi) is 5.55. The van der Waals surface area contributed by atoms with Crippen LogP contribution in [-0.2, 0) is 6.42 Å². The summed E-state index contributed by atoms with van der Waals surface area (Å²) in [5.74, 6) is 0. The summed E-state index contributed by atoms with van der Waals surface area (Å²) in [6.45, 7) is 18.4. The monoisotopic (exact) mass is 364 g/mol. The molecule has 0 fully saturated rings. The molecule has 2 aromatic rings. The van der Waals surface area contributed by atoms with Gasteiger partial charge in [-0.3, -0.25) is 0 Å². The lowest BCUT2D eigenvalue weighted by molar-refractivity contribution is 0.606. The first kappa shape index (κ1) is 19.8. The third-order valence-corrected chi connectivity index (χ3v) is 5.67. The third kappa shape index (κ3) is 3.47. The van der Waals surface area contributed by atoms with Crippen molar-refractivity contribution < 1.29 is 0 Å². The average Bonchev–Trinajstić information content (AvgIpc) is 2.93. The fourth-order valence-electron chi connectivity index (χ4n) is 4.99. The summed E-state index contributed by atoms with van der Waals surface area (Å²) in [6, 6.07) is 15.6. The molecular weight excluding hydrogens is 328 g/mol. The molecule has 0 aliphatic heterocycles. The normalized spacial score (nSPS) is 12.9. The first-order valence-electron chi connectivity index (χ1n) is 10.5. The van der Waals surface area contributed by atoms with Gasteiger partial charge in [-0.1, -0.05) is 24.3 Å². The zero-order valence-electron chi connectivity index (χ0n) is 18.4. The van der Waals surface area contributed by atoms with Crippen molar-refractivity contribution in [3.63, 3.8) is 0 Å². The van der Waals surface area contributed by atoms with E-state index in [0.29, 0.717) is 24.2 Å². The summed E-state index contributed by atoms with van der Waals surface area (Å²) < 4.78 is 0. The molecule has 0 spiro atoms. The lowest BCUT2D eigenvalue weighted by Crippen LogP contribution is -2.38. The van der Waals surface area contributed by atoms with Crippen LogP contribution in [0.4, 0.5) is 11.4 Å². The second kappa shape index (κ2) is 7.58. The van der Waals surface area contributed by atoms with Crippen LogP contribution in [0.1, 0.15) is 66.5 Å². The van der Waals surface area contributed by atoms with Crippen LogP contribution in [-0.4, -0.2) is 24.2 Å². The Morgan fingerprint density at radius 2 is 0.889 bits per heavy atom. The Morgan fingerprint density at radius 3 is 1.19 bits per heavy atom. The predicted octanol–water partition coefficient (Wildman–Crippen LogP) is 6.50. The Bertz CT molecular complexity index is 718. The van der Waals surface area contributed by atoms with Crippen LogP contribution in [0.3, 0.4) is 0 Å². The molecule has 0 unspecified atom stereocenters. The molecule has 0 atom stereocenters.